The van der Waals surface area contributed by atoms with Crippen molar-refractivity contribution < 1.29 is 4.79 Å². The minimum atomic E-state index is -0.180. The van der Waals surface area contributed by atoms with E-state index in [1.807, 2.05) is 40.9 Å². The second kappa shape index (κ2) is 8.56. The lowest BCUT2D eigenvalue weighted by Gasteiger charge is -2.20. The molecule has 0 unspecified atom stereocenters. The number of carbonyl (C=O) groups is 1. The van der Waals surface area contributed by atoms with E-state index in [2.05, 4.69) is 26.3 Å². The maximum atomic E-state index is 12.7. The molecule has 3 heterocycles. The molecule has 1 aliphatic heterocycles. The molecular formula is C24H29N5O. The molecule has 1 saturated heterocycles. The molecule has 6 nitrogen and oxygen atoms in total. The fourth-order valence-electron chi connectivity index (χ4n) is 5.07. The Morgan fingerprint density at radius 1 is 1.07 bits per heavy atom. The predicted octanol–water partition coefficient (Wildman–Crippen LogP) is 3.64. The second-order valence-electron chi connectivity index (χ2n) is 8.72. The molecule has 1 atom stereocenters. The Kier molecular flexibility index (Phi) is 5.49. The van der Waals surface area contributed by atoms with E-state index in [9.17, 15) is 4.79 Å². The lowest BCUT2D eigenvalue weighted by Crippen LogP contribution is -2.26. The average Bonchev–Trinajstić information content (AvgIpc) is 3.54. The van der Waals surface area contributed by atoms with Crippen LogP contribution in [-0.4, -0.2) is 44.8 Å². The third-order valence-electron chi connectivity index (χ3n) is 6.66. The van der Waals surface area contributed by atoms with Crippen molar-refractivity contribution >= 4 is 11.6 Å². The molecule has 1 amide bonds. The van der Waals surface area contributed by atoms with Crippen LogP contribution < -0.4 is 5.32 Å². The van der Waals surface area contributed by atoms with Gasteiger partial charge in [-0.05, 0) is 43.4 Å². The molecule has 30 heavy (non-hydrogen) atoms. The molecule has 2 fully saturated rings. The topological polar surface area (TPSA) is 62.5 Å². The summed E-state index contributed by atoms with van der Waals surface area (Å²) in [5.74, 6) is 1.17. The van der Waals surface area contributed by atoms with Gasteiger partial charge in [-0.15, -0.1) is 0 Å². The third kappa shape index (κ3) is 3.97. The number of fused-ring (bicyclic) bond motifs is 1. The highest BCUT2D eigenvalue weighted by atomic mass is 16.1. The van der Waals surface area contributed by atoms with Gasteiger partial charge in [0.05, 0.1) is 0 Å². The summed E-state index contributed by atoms with van der Waals surface area (Å²) in [5, 5.41) is 2.97. The van der Waals surface area contributed by atoms with E-state index in [1.54, 1.807) is 6.33 Å². The van der Waals surface area contributed by atoms with Gasteiger partial charge in [-0.2, -0.15) is 0 Å². The van der Waals surface area contributed by atoms with Crippen molar-refractivity contribution in [3.8, 4) is 0 Å². The Hall–Kier alpha value is -2.73. The Morgan fingerprint density at radius 3 is 2.73 bits per heavy atom. The summed E-state index contributed by atoms with van der Waals surface area (Å²) in [4.78, 5) is 24.3. The molecule has 1 aliphatic carbocycles. The number of amides is 1. The van der Waals surface area contributed by atoms with Gasteiger partial charge in [0, 0.05) is 37.4 Å². The SMILES string of the molecule is O=C(NCc1ccccc1)c1ncn2c([C@@H]3CCN(CC4CCCC4)C3)ccnc12. The summed E-state index contributed by atoms with van der Waals surface area (Å²) in [6.45, 7) is 3.96. The molecule has 0 bridgehead atoms. The molecule has 156 valence electrons. The van der Waals surface area contributed by atoms with Crippen molar-refractivity contribution in [2.24, 2.45) is 5.92 Å². The lowest BCUT2D eigenvalue weighted by molar-refractivity contribution is 0.0948. The highest BCUT2D eigenvalue weighted by Gasteiger charge is 2.29. The van der Waals surface area contributed by atoms with Gasteiger partial charge in [0.15, 0.2) is 11.3 Å². The van der Waals surface area contributed by atoms with Crippen LogP contribution in [0.1, 0.15) is 59.8 Å². The molecule has 0 spiro atoms. The number of hydrogen-bond acceptors (Lipinski definition) is 4. The fourth-order valence-corrected chi connectivity index (χ4v) is 5.07. The molecule has 1 aromatic carbocycles. The van der Waals surface area contributed by atoms with Crippen LogP contribution in [0.15, 0.2) is 48.9 Å². The molecule has 3 aromatic rings. The minimum absolute atomic E-state index is 0.180. The van der Waals surface area contributed by atoms with E-state index >= 15 is 0 Å². The van der Waals surface area contributed by atoms with E-state index in [-0.39, 0.29) is 5.91 Å². The van der Waals surface area contributed by atoms with Gasteiger partial charge in [0.2, 0.25) is 0 Å². The molecule has 2 aliphatic rings. The number of benzene rings is 1. The van der Waals surface area contributed by atoms with Crippen molar-refractivity contribution in [1.29, 1.82) is 0 Å². The van der Waals surface area contributed by atoms with Gasteiger partial charge in [0.1, 0.15) is 6.33 Å². The summed E-state index contributed by atoms with van der Waals surface area (Å²) in [6, 6.07) is 12.0. The van der Waals surface area contributed by atoms with Gasteiger partial charge < -0.3 is 10.2 Å². The summed E-state index contributed by atoms with van der Waals surface area (Å²) in [6.07, 6.45) is 10.3. The summed E-state index contributed by atoms with van der Waals surface area (Å²) in [5.41, 5.74) is 3.32. The van der Waals surface area contributed by atoms with Gasteiger partial charge >= 0.3 is 0 Å². The highest BCUT2D eigenvalue weighted by molar-refractivity contribution is 5.97. The van der Waals surface area contributed by atoms with Crippen LogP contribution in [0.25, 0.3) is 5.65 Å². The third-order valence-corrected chi connectivity index (χ3v) is 6.66. The fraction of sp³-hybridized carbons (Fsp3) is 0.458. The first-order chi connectivity index (χ1) is 14.8. The number of likely N-dealkylation sites (tertiary alicyclic amines) is 1. The zero-order valence-corrected chi connectivity index (χ0v) is 17.3. The van der Waals surface area contributed by atoms with Gasteiger partial charge in [-0.3, -0.25) is 9.20 Å². The Labute approximate surface area is 177 Å². The Morgan fingerprint density at radius 2 is 1.90 bits per heavy atom. The summed E-state index contributed by atoms with van der Waals surface area (Å²) in [7, 11) is 0. The van der Waals surface area contributed by atoms with E-state index in [4.69, 9.17) is 0 Å². The van der Waals surface area contributed by atoms with Crippen LogP contribution >= 0.6 is 0 Å². The Bertz CT molecular complexity index is 1010. The van der Waals surface area contributed by atoms with Crippen molar-refractivity contribution in [1.82, 2.24) is 24.6 Å². The number of hydrogen-bond donors (Lipinski definition) is 1. The molecular weight excluding hydrogens is 374 g/mol. The monoisotopic (exact) mass is 403 g/mol. The van der Waals surface area contributed by atoms with Gasteiger partial charge in [0.25, 0.3) is 5.91 Å². The van der Waals surface area contributed by atoms with Crippen LogP contribution in [-0.2, 0) is 6.54 Å². The highest BCUT2D eigenvalue weighted by Crippen LogP contribution is 2.31. The van der Waals surface area contributed by atoms with Crippen molar-refractivity contribution in [3.63, 3.8) is 0 Å². The van der Waals surface area contributed by atoms with Crippen LogP contribution in [0.4, 0.5) is 0 Å². The molecule has 2 aromatic heterocycles. The molecule has 5 rings (SSSR count). The van der Waals surface area contributed by atoms with Crippen LogP contribution in [0.2, 0.25) is 0 Å². The number of nitrogens with zero attached hydrogens (tertiary/aromatic N) is 4. The number of rotatable bonds is 6. The Balaban J connectivity index is 1.29. The first-order valence-corrected chi connectivity index (χ1v) is 11.1. The predicted molar refractivity (Wildman–Crippen MR) is 116 cm³/mol. The molecule has 1 N–H and O–H groups in total. The molecule has 6 heteroatoms. The quantitative estimate of drug-likeness (QED) is 0.683. The molecule has 1 saturated carbocycles. The standard InChI is InChI=1S/C24H29N5O/c30-24(26-14-18-6-2-1-3-7-18)22-23-25-12-10-21(29(23)17-27-22)20-11-13-28(16-20)15-19-8-4-5-9-19/h1-3,6-7,10,12,17,19-20H,4-5,8-9,11,13-16H2,(H,26,30)/t20-/m1/s1. The van der Waals surface area contributed by atoms with Crippen molar-refractivity contribution in [3.05, 3.63) is 65.9 Å². The van der Waals surface area contributed by atoms with Crippen molar-refractivity contribution in [2.45, 2.75) is 44.6 Å². The first-order valence-electron chi connectivity index (χ1n) is 11.1. The summed E-state index contributed by atoms with van der Waals surface area (Å²) < 4.78 is 2.02. The van der Waals surface area contributed by atoms with E-state index in [1.165, 1.54) is 37.9 Å². The van der Waals surface area contributed by atoms with Gasteiger partial charge in [-0.1, -0.05) is 43.2 Å². The largest absolute Gasteiger partial charge is 0.347 e. The lowest BCUT2D eigenvalue weighted by atomic mass is 10.0. The van der Waals surface area contributed by atoms with Gasteiger partial charge in [-0.25, -0.2) is 9.97 Å². The average molecular weight is 404 g/mol. The number of aromatic nitrogens is 3. The second-order valence-corrected chi connectivity index (χ2v) is 8.72. The normalized spacial score (nSPS) is 20.2. The number of nitrogens with one attached hydrogen (secondary N) is 1. The smallest absolute Gasteiger partial charge is 0.274 e. The molecule has 0 radical (unpaired) electrons. The summed E-state index contributed by atoms with van der Waals surface area (Å²) >= 11 is 0. The zero-order chi connectivity index (χ0) is 20.3. The van der Waals surface area contributed by atoms with Crippen molar-refractivity contribution in [2.75, 3.05) is 19.6 Å². The first kappa shape index (κ1) is 19.2. The van der Waals surface area contributed by atoms with E-state index < -0.39 is 0 Å². The van der Waals surface area contributed by atoms with Crippen LogP contribution in [0.3, 0.4) is 0 Å². The number of imidazole rings is 1. The number of carbonyl (C=O) groups excluding carboxylic acids is 1. The van der Waals surface area contributed by atoms with E-state index in [0.717, 1.165) is 31.0 Å². The van der Waals surface area contributed by atoms with Crippen LogP contribution in [0, 0.1) is 5.92 Å². The van der Waals surface area contributed by atoms with Crippen LogP contribution in [0.5, 0.6) is 0 Å². The van der Waals surface area contributed by atoms with E-state index in [0.29, 0.717) is 23.8 Å². The maximum absolute atomic E-state index is 12.7. The zero-order valence-electron chi connectivity index (χ0n) is 17.3. The minimum Gasteiger partial charge on any atom is -0.347 e. The maximum Gasteiger partial charge on any atom is 0.274 e.